The third-order valence-corrected chi connectivity index (χ3v) is 4.54. The van der Waals surface area contributed by atoms with E-state index in [9.17, 15) is 4.79 Å². The van der Waals surface area contributed by atoms with Gasteiger partial charge >= 0.3 is 0 Å². The van der Waals surface area contributed by atoms with Crippen LogP contribution in [0.25, 0.3) is 11.1 Å². The lowest BCUT2D eigenvalue weighted by Crippen LogP contribution is -2.44. The fraction of sp³-hybridized carbons (Fsp3) is 0.611. The zero-order chi connectivity index (χ0) is 17.8. The van der Waals surface area contributed by atoms with Crippen molar-refractivity contribution in [2.45, 2.75) is 33.1 Å². The molecule has 0 bridgehead atoms. The van der Waals surface area contributed by atoms with E-state index in [-0.39, 0.29) is 24.2 Å². The number of hydrogen-bond donors (Lipinski definition) is 2. The number of fused-ring (bicyclic) bond motifs is 1. The van der Waals surface area contributed by atoms with Crippen LogP contribution in [0, 0.1) is 6.92 Å². The summed E-state index contributed by atoms with van der Waals surface area (Å²) in [5.41, 5.74) is 2.59. The van der Waals surface area contributed by atoms with Crippen molar-refractivity contribution in [3.05, 3.63) is 23.0 Å². The van der Waals surface area contributed by atoms with Gasteiger partial charge in [0.15, 0.2) is 0 Å². The predicted molar refractivity (Wildman–Crippen MR) is 104 cm³/mol. The number of piperazine rings is 1. The Kier molecular flexibility index (Phi) is 7.37. The summed E-state index contributed by atoms with van der Waals surface area (Å²) in [5.74, 6) is 0.0888. The van der Waals surface area contributed by atoms with Crippen LogP contribution in [0.5, 0.6) is 0 Å². The van der Waals surface area contributed by atoms with E-state index in [2.05, 4.69) is 25.7 Å². The van der Waals surface area contributed by atoms with Crippen molar-refractivity contribution in [1.29, 1.82) is 0 Å². The molecule has 0 spiro atoms. The molecule has 0 radical (unpaired) electrons. The van der Waals surface area contributed by atoms with Crippen LogP contribution in [0.2, 0.25) is 0 Å². The van der Waals surface area contributed by atoms with Gasteiger partial charge in [-0.25, -0.2) is 4.98 Å². The monoisotopic (exact) mass is 381 g/mol. The topological polar surface area (TPSA) is 83.3 Å². The van der Waals surface area contributed by atoms with E-state index in [1.807, 2.05) is 26.8 Å². The fourth-order valence-corrected chi connectivity index (χ4v) is 3.20. The van der Waals surface area contributed by atoms with Crippen LogP contribution in [0.4, 0.5) is 0 Å². The highest BCUT2D eigenvalue weighted by Crippen LogP contribution is 2.27. The highest BCUT2D eigenvalue weighted by molar-refractivity contribution is 6.06. The number of amides is 1. The molecule has 8 heteroatoms. The Labute approximate surface area is 160 Å². The van der Waals surface area contributed by atoms with Gasteiger partial charge in [-0.2, -0.15) is 0 Å². The van der Waals surface area contributed by atoms with Crippen molar-refractivity contribution in [3.8, 4) is 0 Å². The molecule has 0 saturated carbocycles. The molecular weight excluding hydrogens is 354 g/mol. The van der Waals surface area contributed by atoms with E-state index >= 15 is 0 Å². The summed E-state index contributed by atoms with van der Waals surface area (Å²) < 4.78 is 5.33. The molecule has 1 amide bonds. The molecule has 0 unspecified atom stereocenters. The highest BCUT2D eigenvalue weighted by Gasteiger charge is 2.21. The van der Waals surface area contributed by atoms with E-state index in [0.29, 0.717) is 17.8 Å². The van der Waals surface area contributed by atoms with Gasteiger partial charge in [0.1, 0.15) is 0 Å². The molecule has 2 aromatic rings. The number of halogens is 1. The predicted octanol–water partition coefficient (Wildman–Crippen LogP) is 2.10. The van der Waals surface area contributed by atoms with Crippen molar-refractivity contribution in [2.24, 2.45) is 0 Å². The number of rotatable bonds is 6. The summed E-state index contributed by atoms with van der Waals surface area (Å²) >= 11 is 0. The van der Waals surface area contributed by atoms with Gasteiger partial charge in [-0.05, 0) is 31.9 Å². The summed E-state index contributed by atoms with van der Waals surface area (Å²) in [5, 5.41) is 11.2. The number of nitrogens with zero attached hydrogens (tertiary/aromatic N) is 3. The van der Waals surface area contributed by atoms with Crippen LogP contribution in [0.1, 0.15) is 47.9 Å². The SMILES string of the molecule is Cc1cc(C(=O)NCCCN2CCNCC2)c2c(C(C)C)noc2n1.Cl. The molecule has 1 fully saturated rings. The van der Waals surface area contributed by atoms with Crippen molar-refractivity contribution in [1.82, 2.24) is 25.7 Å². The minimum Gasteiger partial charge on any atom is -0.352 e. The van der Waals surface area contributed by atoms with Gasteiger partial charge in [0.05, 0.1) is 16.6 Å². The first kappa shape index (κ1) is 20.6. The minimum atomic E-state index is -0.0825. The maximum atomic E-state index is 12.7. The van der Waals surface area contributed by atoms with Gasteiger partial charge in [-0.3, -0.25) is 4.79 Å². The lowest BCUT2D eigenvalue weighted by molar-refractivity contribution is 0.0952. The average Bonchev–Trinajstić information content (AvgIpc) is 3.02. The Hall–Kier alpha value is -1.70. The molecule has 1 aliphatic heterocycles. The first-order valence-corrected chi connectivity index (χ1v) is 9.04. The Balaban J connectivity index is 0.00000243. The number of nitrogens with one attached hydrogen (secondary N) is 2. The molecule has 0 aliphatic carbocycles. The maximum absolute atomic E-state index is 12.7. The summed E-state index contributed by atoms with van der Waals surface area (Å²) in [7, 11) is 0. The van der Waals surface area contributed by atoms with Crippen molar-refractivity contribution in [3.63, 3.8) is 0 Å². The summed E-state index contributed by atoms with van der Waals surface area (Å²) in [4.78, 5) is 19.5. The van der Waals surface area contributed by atoms with Gasteiger partial charge in [-0.15, -0.1) is 12.4 Å². The largest absolute Gasteiger partial charge is 0.352 e. The quantitative estimate of drug-likeness (QED) is 0.745. The van der Waals surface area contributed by atoms with Crippen LogP contribution >= 0.6 is 12.4 Å². The molecule has 1 saturated heterocycles. The van der Waals surface area contributed by atoms with Crippen molar-refractivity contribution >= 4 is 29.4 Å². The van der Waals surface area contributed by atoms with Crippen molar-refractivity contribution < 1.29 is 9.32 Å². The van der Waals surface area contributed by atoms with Gasteiger partial charge in [0, 0.05) is 38.4 Å². The normalized spacial score (nSPS) is 15.2. The Morgan fingerprint density at radius 3 is 2.81 bits per heavy atom. The maximum Gasteiger partial charge on any atom is 0.259 e. The molecule has 26 heavy (non-hydrogen) atoms. The molecule has 144 valence electrons. The van der Waals surface area contributed by atoms with Crippen LogP contribution in [0.15, 0.2) is 10.6 Å². The number of carbonyl (C=O) groups is 1. The van der Waals surface area contributed by atoms with Gasteiger partial charge in [0.2, 0.25) is 0 Å². The Morgan fingerprint density at radius 2 is 2.12 bits per heavy atom. The van der Waals surface area contributed by atoms with E-state index < -0.39 is 0 Å². The lowest BCUT2D eigenvalue weighted by Gasteiger charge is -2.27. The average molecular weight is 382 g/mol. The molecular formula is C18H28ClN5O2. The Bertz CT molecular complexity index is 741. The smallest absolute Gasteiger partial charge is 0.259 e. The number of hydrogen-bond acceptors (Lipinski definition) is 6. The molecule has 2 aromatic heterocycles. The highest BCUT2D eigenvalue weighted by atomic mass is 35.5. The second kappa shape index (κ2) is 9.30. The van der Waals surface area contributed by atoms with Gasteiger partial charge in [0.25, 0.3) is 11.6 Å². The third-order valence-electron chi connectivity index (χ3n) is 4.54. The fourth-order valence-electron chi connectivity index (χ4n) is 3.20. The number of aromatic nitrogens is 2. The van der Waals surface area contributed by atoms with Crippen LogP contribution in [-0.4, -0.2) is 60.2 Å². The van der Waals surface area contributed by atoms with E-state index in [4.69, 9.17) is 4.52 Å². The minimum absolute atomic E-state index is 0. The first-order valence-electron chi connectivity index (χ1n) is 9.04. The molecule has 0 atom stereocenters. The Morgan fingerprint density at radius 1 is 1.38 bits per heavy atom. The van der Waals surface area contributed by atoms with Crippen LogP contribution < -0.4 is 10.6 Å². The molecule has 0 aromatic carbocycles. The van der Waals surface area contributed by atoms with Gasteiger partial charge < -0.3 is 20.1 Å². The van der Waals surface area contributed by atoms with Gasteiger partial charge in [-0.1, -0.05) is 19.0 Å². The molecule has 1 aliphatic rings. The number of aryl methyl sites for hydroxylation is 1. The molecule has 7 nitrogen and oxygen atoms in total. The lowest BCUT2D eigenvalue weighted by atomic mass is 10.0. The van der Waals surface area contributed by atoms with E-state index in [1.165, 1.54) is 0 Å². The number of carbonyl (C=O) groups excluding carboxylic acids is 1. The van der Waals surface area contributed by atoms with E-state index in [0.717, 1.165) is 55.9 Å². The molecule has 3 heterocycles. The molecule has 3 rings (SSSR count). The number of pyridine rings is 1. The first-order chi connectivity index (χ1) is 12.1. The standard InChI is InChI=1S/C18H27N5O2.ClH/c1-12(2)16-15-14(11-13(3)21-18(15)25-22-16)17(24)20-5-4-8-23-9-6-19-7-10-23;/h11-12,19H,4-10H2,1-3H3,(H,20,24);1H. The summed E-state index contributed by atoms with van der Waals surface area (Å²) in [6.07, 6.45) is 0.944. The second-order valence-electron chi connectivity index (χ2n) is 6.91. The zero-order valence-corrected chi connectivity index (χ0v) is 16.5. The van der Waals surface area contributed by atoms with Crippen molar-refractivity contribution in [2.75, 3.05) is 39.3 Å². The van der Waals surface area contributed by atoms with Crippen LogP contribution in [0.3, 0.4) is 0 Å². The zero-order valence-electron chi connectivity index (χ0n) is 15.7. The van der Waals surface area contributed by atoms with E-state index in [1.54, 1.807) is 0 Å². The summed E-state index contributed by atoms with van der Waals surface area (Å²) in [6, 6.07) is 1.82. The molecule has 2 N–H and O–H groups in total. The summed E-state index contributed by atoms with van der Waals surface area (Å²) in [6.45, 7) is 11.9. The second-order valence-corrected chi connectivity index (χ2v) is 6.91. The third kappa shape index (κ3) is 4.72. The van der Waals surface area contributed by atoms with Crippen LogP contribution in [-0.2, 0) is 0 Å².